The summed E-state index contributed by atoms with van der Waals surface area (Å²) in [7, 11) is -1.69. The van der Waals surface area contributed by atoms with Crippen LogP contribution in [-0.4, -0.2) is 44.8 Å². The maximum Gasteiger partial charge on any atom is 0.305 e. The van der Waals surface area contributed by atoms with Crippen molar-refractivity contribution < 1.29 is 18.1 Å². The van der Waals surface area contributed by atoms with Crippen LogP contribution in [-0.2, 0) is 9.84 Å². The first-order valence-electron chi connectivity index (χ1n) is 5.67. The number of nitro groups is 1. The van der Waals surface area contributed by atoms with Crippen LogP contribution in [0.1, 0.15) is 10.4 Å². The number of nitrogens with zero attached hydrogens (tertiary/aromatic N) is 1. The second kappa shape index (κ2) is 6.33. The molecule has 1 aromatic rings. The molecule has 0 atom stereocenters. The maximum absolute atomic E-state index is 11.9. The van der Waals surface area contributed by atoms with Crippen molar-refractivity contribution in [1.82, 2.24) is 5.32 Å². The number of rotatable bonds is 6. The predicted molar refractivity (Wildman–Crippen MR) is 74.7 cm³/mol. The molecule has 0 aliphatic rings. The Kier molecular flexibility index (Phi) is 5.03. The van der Waals surface area contributed by atoms with Crippen LogP contribution in [0.5, 0.6) is 0 Å². The van der Waals surface area contributed by atoms with Gasteiger partial charge in [-0.3, -0.25) is 14.9 Å². The van der Waals surface area contributed by atoms with E-state index in [0.717, 1.165) is 6.26 Å². The molecule has 0 saturated carbocycles. The molecule has 0 fully saturated rings. The van der Waals surface area contributed by atoms with Gasteiger partial charge in [-0.05, 0) is 12.1 Å². The lowest BCUT2D eigenvalue weighted by molar-refractivity contribution is -0.384. The van der Waals surface area contributed by atoms with Crippen molar-refractivity contribution >= 4 is 27.1 Å². The summed E-state index contributed by atoms with van der Waals surface area (Å²) >= 11 is 0. The van der Waals surface area contributed by atoms with Gasteiger partial charge in [-0.15, -0.1) is 0 Å². The van der Waals surface area contributed by atoms with Crippen LogP contribution in [0.2, 0.25) is 0 Å². The number of carbonyl (C=O) groups excluding carboxylic acids is 1. The highest BCUT2D eigenvalue weighted by atomic mass is 32.2. The molecular formula is C11H15N3O5S. The molecule has 0 radical (unpaired) electrons. The van der Waals surface area contributed by atoms with Gasteiger partial charge in [-0.2, -0.15) is 0 Å². The van der Waals surface area contributed by atoms with E-state index in [1.807, 2.05) is 0 Å². The smallest absolute Gasteiger partial charge is 0.305 e. The average molecular weight is 301 g/mol. The summed E-state index contributed by atoms with van der Waals surface area (Å²) in [5, 5.41) is 16.0. The van der Waals surface area contributed by atoms with Gasteiger partial charge in [-0.1, -0.05) is 6.07 Å². The molecule has 1 amide bonds. The summed E-state index contributed by atoms with van der Waals surface area (Å²) in [6.07, 6.45) is 1.04. The van der Waals surface area contributed by atoms with E-state index in [1.54, 1.807) is 0 Å². The molecule has 0 aliphatic heterocycles. The van der Waals surface area contributed by atoms with Crippen molar-refractivity contribution in [3.63, 3.8) is 0 Å². The summed E-state index contributed by atoms with van der Waals surface area (Å²) in [5.74, 6) is -0.907. The average Bonchev–Trinajstić information content (AvgIpc) is 2.35. The summed E-state index contributed by atoms with van der Waals surface area (Å²) in [6.45, 7) is -0.0986. The highest BCUT2D eigenvalue weighted by molar-refractivity contribution is 7.90. The maximum atomic E-state index is 11.9. The van der Waals surface area contributed by atoms with Crippen LogP contribution in [0.4, 0.5) is 11.4 Å². The molecule has 0 aromatic heterocycles. The summed E-state index contributed by atoms with van der Waals surface area (Å²) < 4.78 is 21.9. The molecule has 0 unspecified atom stereocenters. The second-order valence-electron chi connectivity index (χ2n) is 4.09. The van der Waals surface area contributed by atoms with Gasteiger partial charge in [0.2, 0.25) is 0 Å². The van der Waals surface area contributed by atoms with Crippen LogP contribution in [0.3, 0.4) is 0 Å². The van der Waals surface area contributed by atoms with E-state index in [0.29, 0.717) is 0 Å². The summed E-state index contributed by atoms with van der Waals surface area (Å²) in [4.78, 5) is 22.3. The Hall–Kier alpha value is -2.16. The van der Waals surface area contributed by atoms with E-state index in [1.165, 1.54) is 25.2 Å². The lowest BCUT2D eigenvalue weighted by Gasteiger charge is -2.08. The number of sulfone groups is 1. The number of nitrogens with one attached hydrogen (secondary N) is 2. The van der Waals surface area contributed by atoms with Crippen LogP contribution < -0.4 is 10.6 Å². The van der Waals surface area contributed by atoms with E-state index in [4.69, 9.17) is 0 Å². The summed E-state index contributed by atoms with van der Waals surface area (Å²) in [5.41, 5.74) is -0.243. The molecular weight excluding hydrogens is 286 g/mol. The lowest BCUT2D eigenvalue weighted by atomic mass is 10.1. The van der Waals surface area contributed by atoms with Gasteiger partial charge in [0.15, 0.2) is 0 Å². The SMILES string of the molecule is CNc1cccc(C(=O)NCCS(C)(=O)=O)c1[N+](=O)[O-]. The Morgan fingerprint density at radius 1 is 1.40 bits per heavy atom. The third kappa shape index (κ3) is 4.19. The number of anilines is 1. The zero-order valence-corrected chi connectivity index (χ0v) is 11.9. The number of carbonyl (C=O) groups is 1. The Balaban J connectivity index is 2.96. The highest BCUT2D eigenvalue weighted by Crippen LogP contribution is 2.27. The normalized spacial score (nSPS) is 10.9. The van der Waals surface area contributed by atoms with Crippen molar-refractivity contribution in [1.29, 1.82) is 0 Å². The number of benzene rings is 1. The molecule has 8 nitrogen and oxygen atoms in total. The molecule has 20 heavy (non-hydrogen) atoms. The first kappa shape index (κ1) is 15.9. The topological polar surface area (TPSA) is 118 Å². The lowest BCUT2D eigenvalue weighted by Crippen LogP contribution is -2.29. The van der Waals surface area contributed by atoms with Gasteiger partial charge < -0.3 is 10.6 Å². The molecule has 9 heteroatoms. The van der Waals surface area contributed by atoms with Crippen molar-refractivity contribution in [3.8, 4) is 0 Å². The fourth-order valence-electron chi connectivity index (χ4n) is 1.57. The van der Waals surface area contributed by atoms with E-state index >= 15 is 0 Å². The monoisotopic (exact) mass is 301 g/mol. The van der Waals surface area contributed by atoms with Gasteiger partial charge >= 0.3 is 5.69 Å². The van der Waals surface area contributed by atoms with Crippen LogP contribution in [0.15, 0.2) is 18.2 Å². The Morgan fingerprint density at radius 3 is 2.55 bits per heavy atom. The molecule has 0 bridgehead atoms. The minimum Gasteiger partial charge on any atom is -0.383 e. The van der Waals surface area contributed by atoms with Gasteiger partial charge in [0.05, 0.1) is 10.7 Å². The minimum absolute atomic E-state index is 0.0986. The fourth-order valence-corrected chi connectivity index (χ4v) is 2.04. The zero-order chi connectivity index (χ0) is 15.3. The number of nitro benzene ring substituents is 1. The first-order valence-corrected chi connectivity index (χ1v) is 7.73. The van der Waals surface area contributed by atoms with E-state index in [-0.39, 0.29) is 29.2 Å². The predicted octanol–water partition coefficient (Wildman–Crippen LogP) is 0.411. The van der Waals surface area contributed by atoms with Gasteiger partial charge in [0.25, 0.3) is 5.91 Å². The molecule has 0 heterocycles. The summed E-state index contributed by atoms with van der Waals surface area (Å²) in [6, 6.07) is 4.30. The highest BCUT2D eigenvalue weighted by Gasteiger charge is 2.23. The van der Waals surface area contributed by atoms with E-state index in [2.05, 4.69) is 10.6 Å². The number of para-hydroxylation sites is 1. The quantitative estimate of drug-likeness (QED) is 0.580. The molecule has 1 aromatic carbocycles. The van der Waals surface area contributed by atoms with Crippen molar-refractivity contribution in [2.24, 2.45) is 0 Å². The first-order chi connectivity index (χ1) is 9.26. The molecule has 2 N–H and O–H groups in total. The Morgan fingerprint density at radius 2 is 2.05 bits per heavy atom. The molecule has 1 rings (SSSR count). The van der Waals surface area contributed by atoms with Crippen molar-refractivity contribution in [2.45, 2.75) is 0 Å². The third-order valence-electron chi connectivity index (χ3n) is 2.49. The second-order valence-corrected chi connectivity index (χ2v) is 6.35. The number of hydrogen-bond donors (Lipinski definition) is 2. The van der Waals surface area contributed by atoms with Crippen molar-refractivity contribution in [2.75, 3.05) is 30.9 Å². The number of amides is 1. The molecule has 0 spiro atoms. The van der Waals surface area contributed by atoms with E-state index < -0.39 is 20.7 Å². The Labute approximate surface area is 116 Å². The number of hydrogen-bond acceptors (Lipinski definition) is 6. The van der Waals surface area contributed by atoms with Crippen LogP contribution in [0.25, 0.3) is 0 Å². The minimum atomic E-state index is -3.20. The standard InChI is InChI=1S/C11H15N3O5S/c1-12-9-5-3-4-8(10(9)14(16)17)11(15)13-6-7-20(2,18)19/h3-5,12H,6-7H2,1-2H3,(H,13,15). The fraction of sp³-hybridized carbons (Fsp3) is 0.364. The zero-order valence-electron chi connectivity index (χ0n) is 11.0. The third-order valence-corrected chi connectivity index (χ3v) is 3.44. The van der Waals surface area contributed by atoms with E-state index in [9.17, 15) is 23.3 Å². The van der Waals surface area contributed by atoms with Gasteiger partial charge in [0.1, 0.15) is 21.1 Å². The Bertz CT molecular complexity index is 627. The largest absolute Gasteiger partial charge is 0.383 e. The van der Waals surface area contributed by atoms with Crippen LogP contribution >= 0.6 is 0 Å². The molecule has 0 aliphatic carbocycles. The molecule has 0 saturated heterocycles. The van der Waals surface area contributed by atoms with Gasteiger partial charge in [-0.25, -0.2) is 8.42 Å². The van der Waals surface area contributed by atoms with Gasteiger partial charge in [0, 0.05) is 19.8 Å². The molecule has 110 valence electrons. The van der Waals surface area contributed by atoms with Crippen molar-refractivity contribution in [3.05, 3.63) is 33.9 Å². The van der Waals surface area contributed by atoms with Crippen LogP contribution in [0, 0.1) is 10.1 Å².